The number of methoxy groups -OCH3 is 1. The van der Waals surface area contributed by atoms with Crippen LogP contribution in [0.25, 0.3) is 11.3 Å². The van der Waals surface area contributed by atoms with Crippen LogP contribution in [0, 0.1) is 0 Å². The maximum atomic E-state index is 12.5. The van der Waals surface area contributed by atoms with Crippen LogP contribution < -0.4 is 9.64 Å². The SMILES string of the molecule is CCCCOCCOC(=O)CN1C(=O)COc2ccc(-c3csc(CCOC)n3)cc21. The van der Waals surface area contributed by atoms with Crippen LogP contribution in [0.3, 0.4) is 0 Å². The Kier molecular flexibility index (Phi) is 8.81. The number of anilines is 1. The van der Waals surface area contributed by atoms with Gasteiger partial charge in [-0.2, -0.15) is 0 Å². The van der Waals surface area contributed by atoms with Crippen LogP contribution in [-0.4, -0.2) is 63.5 Å². The minimum absolute atomic E-state index is 0.113. The van der Waals surface area contributed by atoms with Crippen molar-refractivity contribution in [1.82, 2.24) is 4.98 Å². The molecule has 0 atom stereocenters. The molecule has 1 aliphatic rings. The Balaban J connectivity index is 1.65. The van der Waals surface area contributed by atoms with Gasteiger partial charge in [0.25, 0.3) is 5.91 Å². The molecular weight excluding hydrogens is 420 g/mol. The molecule has 0 saturated carbocycles. The van der Waals surface area contributed by atoms with E-state index in [9.17, 15) is 9.59 Å². The molecule has 31 heavy (non-hydrogen) atoms. The molecule has 0 spiro atoms. The number of esters is 1. The molecule has 0 fully saturated rings. The number of rotatable bonds is 12. The summed E-state index contributed by atoms with van der Waals surface area (Å²) in [4.78, 5) is 30.8. The summed E-state index contributed by atoms with van der Waals surface area (Å²) in [5, 5.41) is 2.94. The lowest BCUT2D eigenvalue weighted by Gasteiger charge is -2.29. The van der Waals surface area contributed by atoms with Gasteiger partial charge in [0, 0.05) is 31.1 Å². The van der Waals surface area contributed by atoms with Gasteiger partial charge in [0.2, 0.25) is 0 Å². The van der Waals surface area contributed by atoms with E-state index in [2.05, 4.69) is 11.9 Å². The first-order valence-corrected chi connectivity index (χ1v) is 11.2. The van der Waals surface area contributed by atoms with E-state index in [1.165, 1.54) is 4.90 Å². The first-order chi connectivity index (χ1) is 15.1. The Morgan fingerprint density at radius 1 is 1.26 bits per heavy atom. The Hall–Kier alpha value is -2.49. The average Bonchev–Trinajstić information content (AvgIpc) is 3.25. The van der Waals surface area contributed by atoms with Gasteiger partial charge in [0.05, 0.1) is 29.6 Å². The molecule has 3 rings (SSSR count). The molecule has 2 heterocycles. The van der Waals surface area contributed by atoms with Crippen LogP contribution in [0.2, 0.25) is 0 Å². The number of ether oxygens (including phenoxy) is 4. The fourth-order valence-corrected chi connectivity index (χ4v) is 3.81. The summed E-state index contributed by atoms with van der Waals surface area (Å²) in [6.07, 6.45) is 2.77. The predicted molar refractivity (Wildman–Crippen MR) is 118 cm³/mol. The highest BCUT2D eigenvalue weighted by Crippen LogP contribution is 2.36. The molecular formula is C22H28N2O6S. The van der Waals surface area contributed by atoms with Crippen molar-refractivity contribution in [3.63, 3.8) is 0 Å². The number of nitrogens with zero attached hydrogens (tertiary/aromatic N) is 2. The summed E-state index contributed by atoms with van der Waals surface area (Å²) in [6, 6.07) is 5.52. The molecule has 1 amide bonds. The van der Waals surface area contributed by atoms with Crippen molar-refractivity contribution >= 4 is 28.9 Å². The van der Waals surface area contributed by atoms with Gasteiger partial charge < -0.3 is 18.9 Å². The number of aromatic nitrogens is 1. The Morgan fingerprint density at radius 2 is 2.13 bits per heavy atom. The van der Waals surface area contributed by atoms with E-state index in [1.54, 1.807) is 24.5 Å². The smallest absolute Gasteiger partial charge is 0.326 e. The number of hydrogen-bond donors (Lipinski definition) is 0. The van der Waals surface area contributed by atoms with E-state index in [4.69, 9.17) is 18.9 Å². The molecule has 1 aromatic carbocycles. The second-order valence-electron chi connectivity index (χ2n) is 7.01. The highest BCUT2D eigenvalue weighted by Gasteiger charge is 2.28. The molecule has 0 unspecified atom stereocenters. The number of carbonyl (C=O) groups is 2. The van der Waals surface area contributed by atoms with Crippen molar-refractivity contribution < 1.29 is 28.5 Å². The zero-order valence-corrected chi connectivity index (χ0v) is 18.7. The predicted octanol–water partition coefficient (Wildman–Crippen LogP) is 3.08. The lowest BCUT2D eigenvalue weighted by atomic mass is 10.1. The monoisotopic (exact) mass is 448 g/mol. The zero-order chi connectivity index (χ0) is 22.1. The van der Waals surface area contributed by atoms with Gasteiger partial charge >= 0.3 is 5.97 Å². The Morgan fingerprint density at radius 3 is 2.94 bits per heavy atom. The normalized spacial score (nSPS) is 13.1. The first-order valence-electron chi connectivity index (χ1n) is 10.4. The zero-order valence-electron chi connectivity index (χ0n) is 17.9. The maximum Gasteiger partial charge on any atom is 0.326 e. The second kappa shape index (κ2) is 11.8. The van der Waals surface area contributed by atoms with Crippen molar-refractivity contribution in [3.8, 4) is 17.0 Å². The number of unbranched alkanes of at least 4 members (excludes halogenated alkanes) is 1. The van der Waals surface area contributed by atoms with Crippen molar-refractivity contribution in [2.45, 2.75) is 26.2 Å². The topological polar surface area (TPSA) is 87.2 Å². The van der Waals surface area contributed by atoms with Crippen molar-refractivity contribution in [2.75, 3.05) is 51.6 Å². The molecule has 9 heteroatoms. The summed E-state index contributed by atoms with van der Waals surface area (Å²) >= 11 is 1.56. The van der Waals surface area contributed by atoms with E-state index in [0.29, 0.717) is 31.3 Å². The average molecular weight is 449 g/mol. The van der Waals surface area contributed by atoms with Gasteiger partial charge in [-0.1, -0.05) is 13.3 Å². The van der Waals surface area contributed by atoms with Crippen LogP contribution >= 0.6 is 11.3 Å². The highest BCUT2D eigenvalue weighted by atomic mass is 32.1. The maximum absolute atomic E-state index is 12.5. The Bertz CT molecular complexity index is 885. The number of benzene rings is 1. The van der Waals surface area contributed by atoms with Gasteiger partial charge in [-0.05, 0) is 24.6 Å². The third-order valence-corrected chi connectivity index (χ3v) is 5.60. The van der Waals surface area contributed by atoms with E-state index < -0.39 is 5.97 Å². The summed E-state index contributed by atoms with van der Waals surface area (Å²) in [5.74, 6) is -0.227. The summed E-state index contributed by atoms with van der Waals surface area (Å²) < 4.78 is 21.3. The summed E-state index contributed by atoms with van der Waals surface area (Å²) in [5.41, 5.74) is 2.19. The third-order valence-electron chi connectivity index (χ3n) is 4.69. The van der Waals surface area contributed by atoms with Gasteiger partial charge in [0.15, 0.2) is 6.61 Å². The number of fused-ring (bicyclic) bond motifs is 1. The van der Waals surface area contributed by atoms with Gasteiger partial charge in [-0.15, -0.1) is 11.3 Å². The lowest BCUT2D eigenvalue weighted by molar-refractivity contribution is -0.144. The highest BCUT2D eigenvalue weighted by molar-refractivity contribution is 7.09. The number of thiazole rings is 1. The standard InChI is InChI=1S/C22H28N2O6S/c1-3-4-8-28-10-11-29-22(26)13-24-18-12-16(5-6-19(18)30-14-21(24)25)17-15-31-20(23-17)7-9-27-2/h5-6,12,15H,3-4,7-11,13-14H2,1-2H3. The van der Waals surface area contributed by atoms with Crippen LogP contribution in [0.1, 0.15) is 24.8 Å². The fourth-order valence-electron chi connectivity index (χ4n) is 3.02. The van der Waals surface area contributed by atoms with E-state index >= 15 is 0 Å². The molecule has 0 radical (unpaired) electrons. The van der Waals surface area contributed by atoms with Crippen LogP contribution in [0.5, 0.6) is 5.75 Å². The van der Waals surface area contributed by atoms with E-state index in [1.807, 2.05) is 17.5 Å². The molecule has 1 aliphatic heterocycles. The van der Waals surface area contributed by atoms with Crippen molar-refractivity contribution in [1.29, 1.82) is 0 Å². The van der Waals surface area contributed by atoms with Gasteiger partial charge in [-0.3, -0.25) is 14.5 Å². The minimum Gasteiger partial charge on any atom is -0.482 e. The molecule has 0 bridgehead atoms. The molecule has 0 N–H and O–H groups in total. The number of amides is 1. The molecule has 168 valence electrons. The molecule has 2 aromatic rings. The quantitative estimate of drug-likeness (QED) is 0.364. The summed E-state index contributed by atoms with van der Waals surface area (Å²) in [6.45, 7) is 3.56. The van der Waals surface area contributed by atoms with Crippen LogP contribution in [-0.2, 0) is 30.2 Å². The largest absolute Gasteiger partial charge is 0.482 e. The summed E-state index contributed by atoms with van der Waals surface area (Å²) in [7, 11) is 1.66. The fraction of sp³-hybridized carbons (Fsp3) is 0.500. The lowest BCUT2D eigenvalue weighted by Crippen LogP contribution is -2.42. The number of carbonyl (C=O) groups excluding carboxylic acids is 2. The van der Waals surface area contributed by atoms with Gasteiger partial charge in [-0.25, -0.2) is 4.98 Å². The van der Waals surface area contributed by atoms with E-state index in [0.717, 1.165) is 35.5 Å². The van der Waals surface area contributed by atoms with Crippen molar-refractivity contribution in [2.24, 2.45) is 0 Å². The third kappa shape index (κ3) is 6.49. The molecule has 0 aliphatic carbocycles. The molecule has 0 saturated heterocycles. The van der Waals surface area contributed by atoms with Crippen LogP contribution in [0.15, 0.2) is 23.6 Å². The minimum atomic E-state index is -0.485. The van der Waals surface area contributed by atoms with E-state index in [-0.39, 0.29) is 25.7 Å². The second-order valence-corrected chi connectivity index (χ2v) is 7.95. The van der Waals surface area contributed by atoms with Gasteiger partial charge in [0.1, 0.15) is 18.9 Å². The Labute approximate surface area is 186 Å². The number of hydrogen-bond acceptors (Lipinski definition) is 8. The first kappa shape index (κ1) is 23.2. The van der Waals surface area contributed by atoms with Crippen molar-refractivity contribution in [3.05, 3.63) is 28.6 Å². The molecule has 1 aromatic heterocycles. The molecule has 8 nitrogen and oxygen atoms in total. The van der Waals surface area contributed by atoms with Crippen LogP contribution in [0.4, 0.5) is 5.69 Å².